The van der Waals surface area contributed by atoms with E-state index in [1.54, 1.807) is 23.7 Å². The van der Waals surface area contributed by atoms with Gasteiger partial charge in [-0.1, -0.05) is 18.2 Å². The topological polar surface area (TPSA) is 105 Å². The Morgan fingerprint density at radius 1 is 1.25 bits per heavy atom. The fourth-order valence-electron chi connectivity index (χ4n) is 3.25. The number of fused-ring (bicyclic) bond motifs is 1. The summed E-state index contributed by atoms with van der Waals surface area (Å²) in [5.74, 6) is -0.236. The summed E-state index contributed by atoms with van der Waals surface area (Å²) in [5.41, 5.74) is 7.52. The molecule has 1 aliphatic heterocycles. The summed E-state index contributed by atoms with van der Waals surface area (Å²) in [5, 5.41) is 2.86. The number of aromatic nitrogens is 2. The van der Waals surface area contributed by atoms with Gasteiger partial charge in [0.15, 0.2) is 5.96 Å². The highest BCUT2D eigenvalue weighted by Crippen LogP contribution is 2.34. The van der Waals surface area contributed by atoms with Crippen LogP contribution >= 0.6 is 0 Å². The van der Waals surface area contributed by atoms with Gasteiger partial charge in [0.05, 0.1) is 12.0 Å². The lowest BCUT2D eigenvalue weighted by molar-refractivity contribution is -0.128. The molecule has 1 unspecified atom stereocenters. The average molecular weight is 376 g/mol. The van der Waals surface area contributed by atoms with E-state index in [0.717, 1.165) is 5.56 Å². The number of carbonyl (C=O) groups is 2. The van der Waals surface area contributed by atoms with E-state index < -0.39 is 5.54 Å². The summed E-state index contributed by atoms with van der Waals surface area (Å²) in [7, 11) is 1.60. The van der Waals surface area contributed by atoms with E-state index in [2.05, 4.69) is 15.3 Å². The van der Waals surface area contributed by atoms with Crippen LogP contribution in [-0.2, 0) is 10.3 Å². The van der Waals surface area contributed by atoms with Crippen molar-refractivity contribution in [1.82, 2.24) is 14.3 Å². The Balaban J connectivity index is 1.60. The molecule has 8 heteroatoms. The molecule has 0 bridgehead atoms. The van der Waals surface area contributed by atoms with Crippen LogP contribution in [0.25, 0.3) is 5.65 Å². The predicted molar refractivity (Wildman–Crippen MR) is 106 cm³/mol. The number of aliphatic imine (C=N–C) groups is 1. The Hall–Kier alpha value is -3.68. The third-order valence-electron chi connectivity index (χ3n) is 4.91. The third-order valence-corrected chi connectivity index (χ3v) is 4.91. The minimum atomic E-state index is -0.780. The van der Waals surface area contributed by atoms with Gasteiger partial charge in [0.1, 0.15) is 11.3 Å². The number of hydrogen-bond donors (Lipinski definition) is 2. The van der Waals surface area contributed by atoms with Gasteiger partial charge in [-0.2, -0.15) is 0 Å². The van der Waals surface area contributed by atoms with E-state index in [4.69, 9.17) is 5.73 Å². The van der Waals surface area contributed by atoms with E-state index in [0.29, 0.717) is 17.0 Å². The highest BCUT2D eigenvalue weighted by atomic mass is 16.2. The molecule has 3 heterocycles. The van der Waals surface area contributed by atoms with Crippen molar-refractivity contribution in [3.05, 3.63) is 66.1 Å². The van der Waals surface area contributed by atoms with E-state index in [1.165, 1.54) is 4.90 Å². The Morgan fingerprint density at radius 3 is 2.82 bits per heavy atom. The zero-order valence-corrected chi connectivity index (χ0v) is 15.6. The lowest BCUT2D eigenvalue weighted by atomic mass is 9.87. The van der Waals surface area contributed by atoms with Gasteiger partial charge in [0, 0.05) is 25.1 Å². The van der Waals surface area contributed by atoms with Crippen molar-refractivity contribution < 1.29 is 9.59 Å². The molecular formula is C20H20N6O2. The Morgan fingerprint density at radius 2 is 2.07 bits per heavy atom. The molecule has 1 atom stereocenters. The Kier molecular flexibility index (Phi) is 4.11. The molecule has 1 aliphatic rings. The van der Waals surface area contributed by atoms with Crippen molar-refractivity contribution in [1.29, 1.82) is 0 Å². The number of rotatable bonds is 3. The first kappa shape index (κ1) is 17.7. The molecule has 28 heavy (non-hydrogen) atoms. The maximum Gasteiger partial charge on any atom is 0.275 e. The second kappa shape index (κ2) is 6.49. The van der Waals surface area contributed by atoms with Gasteiger partial charge in [-0.05, 0) is 36.8 Å². The maximum atomic E-state index is 12.6. The summed E-state index contributed by atoms with van der Waals surface area (Å²) < 4.78 is 1.79. The van der Waals surface area contributed by atoms with Crippen molar-refractivity contribution >= 4 is 29.1 Å². The molecule has 0 saturated heterocycles. The first-order chi connectivity index (χ1) is 13.4. The zero-order valence-electron chi connectivity index (χ0n) is 15.6. The number of carbonyl (C=O) groups excluding carboxylic acids is 2. The van der Waals surface area contributed by atoms with E-state index in [1.807, 2.05) is 49.5 Å². The van der Waals surface area contributed by atoms with Crippen LogP contribution in [0.5, 0.6) is 0 Å². The number of nitrogens with one attached hydrogen (secondary N) is 1. The molecule has 0 fully saturated rings. The van der Waals surface area contributed by atoms with E-state index in [-0.39, 0.29) is 24.2 Å². The average Bonchev–Trinajstić information content (AvgIpc) is 3.11. The molecule has 2 aromatic heterocycles. The zero-order chi connectivity index (χ0) is 19.9. The molecule has 0 aliphatic carbocycles. The van der Waals surface area contributed by atoms with Gasteiger partial charge in [-0.25, -0.2) is 9.98 Å². The largest absolute Gasteiger partial charge is 0.369 e. The lowest BCUT2D eigenvalue weighted by Crippen LogP contribution is -2.47. The molecular weight excluding hydrogens is 356 g/mol. The number of nitrogens with two attached hydrogens (primary N) is 1. The summed E-state index contributed by atoms with van der Waals surface area (Å²) >= 11 is 0. The maximum absolute atomic E-state index is 12.6. The second-order valence-corrected chi connectivity index (χ2v) is 7.00. The molecule has 0 radical (unpaired) electrons. The molecule has 3 aromatic rings. The fraction of sp³-hybridized carbons (Fsp3) is 0.200. The number of benzene rings is 1. The lowest BCUT2D eigenvalue weighted by Gasteiger charge is -2.33. The monoisotopic (exact) mass is 376 g/mol. The van der Waals surface area contributed by atoms with Gasteiger partial charge >= 0.3 is 0 Å². The van der Waals surface area contributed by atoms with Crippen LogP contribution in [0.4, 0.5) is 5.69 Å². The number of anilines is 1. The van der Waals surface area contributed by atoms with Crippen molar-refractivity contribution in [2.75, 3.05) is 12.4 Å². The molecule has 3 N–H and O–H groups in total. The number of pyridine rings is 1. The van der Waals surface area contributed by atoms with Crippen LogP contribution in [0, 0.1) is 0 Å². The van der Waals surface area contributed by atoms with Gasteiger partial charge < -0.3 is 15.5 Å². The summed E-state index contributed by atoms with van der Waals surface area (Å²) in [6, 6.07) is 12.8. The first-order valence-corrected chi connectivity index (χ1v) is 8.83. The van der Waals surface area contributed by atoms with Gasteiger partial charge in [0.25, 0.3) is 5.91 Å². The molecule has 1 aromatic carbocycles. The van der Waals surface area contributed by atoms with Crippen LogP contribution in [0.2, 0.25) is 0 Å². The fourth-order valence-corrected chi connectivity index (χ4v) is 3.25. The minimum absolute atomic E-state index is 0.103. The van der Waals surface area contributed by atoms with Crippen molar-refractivity contribution in [2.24, 2.45) is 10.7 Å². The van der Waals surface area contributed by atoms with Crippen LogP contribution in [0.1, 0.15) is 29.4 Å². The molecule has 0 saturated carbocycles. The van der Waals surface area contributed by atoms with Crippen molar-refractivity contribution in [3.8, 4) is 0 Å². The van der Waals surface area contributed by atoms with E-state index >= 15 is 0 Å². The quantitative estimate of drug-likeness (QED) is 0.729. The van der Waals surface area contributed by atoms with Gasteiger partial charge in [-0.3, -0.25) is 14.5 Å². The second-order valence-electron chi connectivity index (χ2n) is 7.00. The third kappa shape index (κ3) is 3.09. The standard InChI is InChI=1S/C20H20N6O2/c1-20(11-17(27)25(2)19(21)24-20)13-6-5-7-14(10-13)22-18(28)15-12-26-9-4-3-8-16(26)23-15/h3-10,12H,11H2,1-2H3,(H2,21,24)(H,22,28). The van der Waals surface area contributed by atoms with Crippen LogP contribution in [0.3, 0.4) is 0 Å². The van der Waals surface area contributed by atoms with Crippen LogP contribution < -0.4 is 11.1 Å². The number of guanidine groups is 1. The highest BCUT2D eigenvalue weighted by molar-refractivity contribution is 6.03. The smallest absolute Gasteiger partial charge is 0.275 e. The van der Waals surface area contributed by atoms with Gasteiger partial charge in [-0.15, -0.1) is 0 Å². The van der Waals surface area contributed by atoms with E-state index in [9.17, 15) is 9.59 Å². The van der Waals surface area contributed by atoms with Crippen LogP contribution in [-0.4, -0.2) is 39.1 Å². The number of amides is 2. The van der Waals surface area contributed by atoms with Crippen LogP contribution in [0.15, 0.2) is 59.9 Å². The highest BCUT2D eigenvalue weighted by Gasteiger charge is 2.36. The number of hydrogen-bond acceptors (Lipinski definition) is 5. The molecule has 0 spiro atoms. The SMILES string of the molecule is CN1C(=O)CC(C)(c2cccc(NC(=O)c3cn4ccccc4n3)c2)N=C1N. The Bertz CT molecular complexity index is 1090. The first-order valence-electron chi connectivity index (χ1n) is 8.83. The molecule has 8 nitrogen and oxygen atoms in total. The molecule has 2 amide bonds. The number of imidazole rings is 1. The van der Waals surface area contributed by atoms with Crippen molar-refractivity contribution in [3.63, 3.8) is 0 Å². The number of nitrogens with zero attached hydrogens (tertiary/aromatic N) is 4. The normalized spacial score (nSPS) is 19.6. The molecule has 142 valence electrons. The van der Waals surface area contributed by atoms with Crippen molar-refractivity contribution in [2.45, 2.75) is 18.9 Å². The minimum Gasteiger partial charge on any atom is -0.369 e. The summed E-state index contributed by atoms with van der Waals surface area (Å²) in [6.45, 7) is 1.85. The summed E-state index contributed by atoms with van der Waals surface area (Å²) in [6.07, 6.45) is 3.71. The predicted octanol–water partition coefficient (Wildman–Crippen LogP) is 1.98. The molecule has 4 rings (SSSR count). The van der Waals surface area contributed by atoms with Gasteiger partial charge in [0.2, 0.25) is 5.91 Å². The summed E-state index contributed by atoms with van der Waals surface area (Å²) in [4.78, 5) is 35.0. The Labute approximate surface area is 161 Å².